The number of aliphatic hydroxyl groups excluding tert-OH is 1. The molecule has 7 nitrogen and oxygen atoms in total. The van der Waals surface area contributed by atoms with Gasteiger partial charge in [0.05, 0.1) is 16.7 Å². The third-order valence-electron chi connectivity index (χ3n) is 3.99. The molecule has 0 spiro atoms. The molecule has 2 atom stereocenters. The predicted octanol–water partition coefficient (Wildman–Crippen LogP) is 2.80. The molecule has 2 amide bonds. The van der Waals surface area contributed by atoms with Crippen LogP contribution in [0.5, 0.6) is 0 Å². The van der Waals surface area contributed by atoms with Crippen LogP contribution in [0.25, 0.3) is 0 Å². The number of halogens is 2. The summed E-state index contributed by atoms with van der Waals surface area (Å²) < 4.78 is 0. The number of carbonyl (C=O) groups excluding carboxylic acids is 2. The third kappa shape index (κ3) is 5.14. The van der Waals surface area contributed by atoms with Crippen molar-refractivity contribution in [3.63, 3.8) is 0 Å². The summed E-state index contributed by atoms with van der Waals surface area (Å²) in [4.78, 5) is 24.5. The van der Waals surface area contributed by atoms with E-state index in [2.05, 4.69) is 16.2 Å². The van der Waals surface area contributed by atoms with Crippen molar-refractivity contribution in [1.82, 2.24) is 10.9 Å². The van der Waals surface area contributed by atoms with Gasteiger partial charge in [0.15, 0.2) is 0 Å². The smallest absolute Gasteiger partial charge is 0.269 e. The normalized spacial score (nSPS) is 12.4. The lowest BCUT2D eigenvalue weighted by Gasteiger charge is -2.23. The summed E-state index contributed by atoms with van der Waals surface area (Å²) in [5.41, 5.74) is 6.21. The van der Waals surface area contributed by atoms with Crippen LogP contribution in [-0.2, 0) is 4.79 Å². The van der Waals surface area contributed by atoms with Crippen molar-refractivity contribution in [3.05, 3.63) is 63.1 Å². The Hall–Kier alpha value is -2.79. The monoisotopic (exact) mass is 420 g/mol. The fourth-order valence-electron chi connectivity index (χ4n) is 2.37. The first-order valence-electron chi connectivity index (χ1n) is 8.24. The maximum Gasteiger partial charge on any atom is 0.269 e. The van der Waals surface area contributed by atoms with Crippen LogP contribution < -0.4 is 16.2 Å². The van der Waals surface area contributed by atoms with Crippen molar-refractivity contribution in [3.8, 4) is 6.07 Å². The molecule has 0 saturated carbocycles. The molecule has 0 aromatic heterocycles. The summed E-state index contributed by atoms with van der Waals surface area (Å²) in [6.45, 7) is 3.11. The van der Waals surface area contributed by atoms with Gasteiger partial charge >= 0.3 is 0 Å². The lowest BCUT2D eigenvalue weighted by molar-refractivity contribution is -0.124. The van der Waals surface area contributed by atoms with Gasteiger partial charge in [-0.2, -0.15) is 5.26 Å². The van der Waals surface area contributed by atoms with Crippen molar-refractivity contribution in [1.29, 1.82) is 5.26 Å². The lowest BCUT2D eigenvalue weighted by Crippen LogP contribution is -2.52. The summed E-state index contributed by atoms with van der Waals surface area (Å²) in [5.74, 6) is -1.19. The van der Waals surface area contributed by atoms with Gasteiger partial charge in [0.25, 0.3) is 11.8 Å². The number of amides is 2. The summed E-state index contributed by atoms with van der Waals surface area (Å²) in [7, 11) is 0. The minimum atomic E-state index is -1.08. The Morgan fingerprint density at radius 2 is 1.75 bits per heavy atom. The van der Waals surface area contributed by atoms with Crippen molar-refractivity contribution >= 4 is 40.7 Å². The average molecular weight is 421 g/mol. The maximum absolute atomic E-state index is 12.4. The van der Waals surface area contributed by atoms with E-state index in [0.717, 1.165) is 0 Å². The molecule has 28 heavy (non-hydrogen) atoms. The number of hydrazine groups is 1. The topological polar surface area (TPSA) is 114 Å². The number of hydrogen-bond donors (Lipinski definition) is 4. The molecule has 4 N–H and O–H groups in total. The number of benzene rings is 2. The van der Waals surface area contributed by atoms with E-state index in [0.29, 0.717) is 27.4 Å². The number of nitriles is 1. The number of aliphatic hydroxyl groups is 1. The molecular formula is C19H18Cl2N4O3. The Morgan fingerprint density at radius 3 is 2.32 bits per heavy atom. The van der Waals surface area contributed by atoms with E-state index in [-0.39, 0.29) is 5.02 Å². The number of rotatable bonds is 5. The largest absolute Gasteiger partial charge is 0.391 e. The van der Waals surface area contributed by atoms with Crippen LogP contribution in [-0.4, -0.2) is 29.1 Å². The first kappa shape index (κ1) is 21.5. The Labute approximate surface area is 172 Å². The highest BCUT2D eigenvalue weighted by atomic mass is 35.5. The van der Waals surface area contributed by atoms with Gasteiger partial charge in [0.2, 0.25) is 0 Å². The molecular weight excluding hydrogens is 403 g/mol. The van der Waals surface area contributed by atoms with Crippen molar-refractivity contribution in [2.75, 3.05) is 5.32 Å². The second kappa shape index (κ2) is 9.42. The first-order chi connectivity index (χ1) is 13.2. The summed E-state index contributed by atoms with van der Waals surface area (Å²) >= 11 is 11.9. The van der Waals surface area contributed by atoms with E-state index in [9.17, 15) is 14.7 Å². The number of carbonyl (C=O) groups is 2. The number of anilines is 1. The van der Waals surface area contributed by atoms with Gasteiger partial charge in [-0.25, -0.2) is 0 Å². The Balaban J connectivity index is 2.08. The Morgan fingerprint density at radius 1 is 1.11 bits per heavy atom. The molecule has 2 rings (SSSR count). The molecule has 0 fully saturated rings. The minimum Gasteiger partial charge on any atom is -0.391 e. The molecule has 2 aromatic rings. The summed E-state index contributed by atoms with van der Waals surface area (Å²) in [5, 5.41) is 22.6. The van der Waals surface area contributed by atoms with Gasteiger partial charge < -0.3 is 10.4 Å². The van der Waals surface area contributed by atoms with Crippen LogP contribution in [0.1, 0.15) is 28.4 Å². The maximum atomic E-state index is 12.4. The molecule has 0 radical (unpaired) electrons. The molecule has 146 valence electrons. The molecule has 9 heteroatoms. The minimum absolute atomic E-state index is 0.258. The van der Waals surface area contributed by atoms with Crippen LogP contribution in [0.3, 0.4) is 0 Å². The number of hydrogen-bond acceptors (Lipinski definition) is 5. The quantitative estimate of drug-likeness (QED) is 0.555. The van der Waals surface area contributed by atoms with E-state index in [4.69, 9.17) is 28.5 Å². The van der Waals surface area contributed by atoms with E-state index in [1.54, 1.807) is 25.1 Å². The molecule has 2 aromatic carbocycles. The molecule has 0 bridgehead atoms. The summed E-state index contributed by atoms with van der Waals surface area (Å²) in [6, 6.07) is 10.1. The second-order valence-corrected chi connectivity index (χ2v) is 6.84. The highest BCUT2D eigenvalue weighted by molar-refractivity contribution is 6.33. The van der Waals surface area contributed by atoms with Gasteiger partial charge in [-0.05, 0) is 55.8 Å². The third-order valence-corrected chi connectivity index (χ3v) is 4.73. The average Bonchev–Trinajstić information content (AvgIpc) is 2.67. The molecule has 0 unspecified atom stereocenters. The molecule has 0 aliphatic carbocycles. The van der Waals surface area contributed by atoms with E-state index in [1.165, 1.54) is 25.1 Å². The van der Waals surface area contributed by atoms with Crippen molar-refractivity contribution in [2.24, 2.45) is 0 Å². The zero-order valence-electron chi connectivity index (χ0n) is 15.1. The highest BCUT2D eigenvalue weighted by Gasteiger charge is 2.25. The predicted molar refractivity (Wildman–Crippen MR) is 107 cm³/mol. The zero-order valence-corrected chi connectivity index (χ0v) is 16.6. The van der Waals surface area contributed by atoms with Crippen LogP contribution in [0.2, 0.25) is 10.0 Å². The first-order valence-corrected chi connectivity index (χ1v) is 8.99. The van der Waals surface area contributed by atoms with Crippen LogP contribution in [0.4, 0.5) is 5.69 Å². The molecule has 0 aliphatic rings. The van der Waals surface area contributed by atoms with Crippen LogP contribution in [0.15, 0.2) is 36.4 Å². The van der Waals surface area contributed by atoms with Gasteiger partial charge in [0, 0.05) is 16.3 Å². The zero-order chi connectivity index (χ0) is 20.8. The summed E-state index contributed by atoms with van der Waals surface area (Å²) in [6.07, 6.45) is -1.08. The highest BCUT2D eigenvalue weighted by Crippen LogP contribution is 2.27. The van der Waals surface area contributed by atoms with E-state index < -0.39 is 24.0 Å². The number of nitrogens with one attached hydrogen (secondary N) is 3. The fourth-order valence-corrected chi connectivity index (χ4v) is 2.70. The fraction of sp³-hybridized carbons (Fsp3) is 0.211. The molecule has 0 aliphatic heterocycles. The SMILES string of the molecule is Cc1c(N[C@@H](C(=O)NNC(=O)c2ccc(Cl)cc2)[C@@H](C)O)ccc(C#N)c1Cl. The van der Waals surface area contributed by atoms with Crippen molar-refractivity contribution < 1.29 is 14.7 Å². The van der Waals surface area contributed by atoms with Gasteiger partial charge in [-0.3, -0.25) is 20.4 Å². The standard InChI is InChI=1S/C19H18Cl2N4O3/c1-10-15(8-5-13(9-22)16(10)21)23-17(11(2)26)19(28)25-24-18(27)12-3-6-14(20)7-4-12/h3-8,11,17,23,26H,1-2H3,(H,24,27)(H,25,28)/t11-,17-/m1/s1. The Kier molecular flexibility index (Phi) is 7.24. The second-order valence-electron chi connectivity index (χ2n) is 6.02. The van der Waals surface area contributed by atoms with Gasteiger partial charge in [-0.15, -0.1) is 0 Å². The Bertz CT molecular complexity index is 924. The van der Waals surface area contributed by atoms with E-state index >= 15 is 0 Å². The molecule has 0 heterocycles. The number of nitrogens with zero attached hydrogens (tertiary/aromatic N) is 1. The van der Waals surface area contributed by atoms with Gasteiger partial charge in [-0.1, -0.05) is 23.2 Å². The van der Waals surface area contributed by atoms with Crippen LogP contribution >= 0.6 is 23.2 Å². The van der Waals surface area contributed by atoms with Crippen molar-refractivity contribution in [2.45, 2.75) is 26.0 Å². The molecule has 0 saturated heterocycles. The van der Waals surface area contributed by atoms with E-state index in [1.807, 2.05) is 6.07 Å². The van der Waals surface area contributed by atoms with Gasteiger partial charge in [0.1, 0.15) is 12.1 Å². The lowest BCUT2D eigenvalue weighted by atomic mass is 10.1. The van der Waals surface area contributed by atoms with Crippen LogP contribution in [0, 0.1) is 18.3 Å².